The molecule has 2 aromatic rings. The third-order valence-corrected chi connectivity index (χ3v) is 4.93. The highest BCUT2D eigenvalue weighted by Gasteiger charge is 2.38. The Morgan fingerprint density at radius 3 is 2.70 bits per heavy atom. The maximum absolute atomic E-state index is 13.3. The molecule has 1 aromatic carbocycles. The molecule has 0 aliphatic heterocycles. The van der Waals surface area contributed by atoms with Gasteiger partial charge < -0.3 is 5.32 Å². The molecule has 0 atom stereocenters. The van der Waals surface area contributed by atoms with E-state index >= 15 is 0 Å². The Labute approximate surface area is 158 Å². The number of hydrogen-bond donors (Lipinski definition) is 1. The smallest absolute Gasteiger partial charge is 0.324 e. The van der Waals surface area contributed by atoms with Gasteiger partial charge >= 0.3 is 6.18 Å². The van der Waals surface area contributed by atoms with Crippen molar-refractivity contribution in [1.82, 2.24) is 9.97 Å². The van der Waals surface area contributed by atoms with Gasteiger partial charge in [0, 0.05) is 11.3 Å². The number of alkyl halides is 3. The molecule has 0 saturated carbocycles. The molecule has 140 valence electrons. The van der Waals surface area contributed by atoms with E-state index in [4.69, 9.17) is 5.26 Å². The minimum Gasteiger partial charge on any atom is -0.324 e. The Bertz CT molecular complexity index is 908. The first-order valence-corrected chi connectivity index (χ1v) is 9.26. The second kappa shape index (κ2) is 7.96. The number of aromatic nitrogens is 2. The number of anilines is 1. The van der Waals surface area contributed by atoms with Crippen LogP contribution in [0.3, 0.4) is 0 Å². The zero-order chi connectivity index (χ0) is 19.4. The summed E-state index contributed by atoms with van der Waals surface area (Å²) in [5.41, 5.74) is 0.352. The van der Waals surface area contributed by atoms with E-state index in [0.29, 0.717) is 36.2 Å². The van der Waals surface area contributed by atoms with Gasteiger partial charge in [0.05, 0.1) is 17.0 Å². The van der Waals surface area contributed by atoms with Crippen molar-refractivity contribution >= 4 is 23.4 Å². The summed E-state index contributed by atoms with van der Waals surface area (Å²) in [7, 11) is 0. The van der Waals surface area contributed by atoms with E-state index in [1.807, 2.05) is 6.07 Å². The molecule has 0 radical (unpaired) electrons. The second-order valence-electron chi connectivity index (χ2n) is 5.98. The molecule has 1 N–H and O–H groups in total. The highest BCUT2D eigenvalue weighted by molar-refractivity contribution is 7.99. The van der Waals surface area contributed by atoms with Crippen molar-refractivity contribution in [3.05, 3.63) is 46.8 Å². The molecule has 5 nitrogen and oxygen atoms in total. The summed E-state index contributed by atoms with van der Waals surface area (Å²) in [6.45, 7) is 0. The number of carbonyl (C=O) groups excluding carboxylic acids is 1. The number of hydrogen-bond acceptors (Lipinski definition) is 5. The standard InChI is InChI=1S/C18H15F3N4OS/c19-18(20,21)16-12-6-2-4-8-14(12)24-17(25-16)27-10-15(26)23-13-7-3-1-5-11(13)9-22/h1,3,5,7H,2,4,6,8,10H2,(H,23,26). The van der Waals surface area contributed by atoms with E-state index in [9.17, 15) is 18.0 Å². The van der Waals surface area contributed by atoms with E-state index in [-0.39, 0.29) is 16.5 Å². The van der Waals surface area contributed by atoms with Gasteiger partial charge in [0.15, 0.2) is 10.9 Å². The maximum atomic E-state index is 13.3. The summed E-state index contributed by atoms with van der Waals surface area (Å²) in [4.78, 5) is 20.0. The van der Waals surface area contributed by atoms with E-state index in [1.54, 1.807) is 24.3 Å². The number of rotatable bonds is 4. The van der Waals surface area contributed by atoms with Gasteiger partial charge in [0.25, 0.3) is 0 Å². The molecule has 0 saturated heterocycles. The number of halogens is 3. The summed E-state index contributed by atoms with van der Waals surface area (Å²) >= 11 is 0.847. The Morgan fingerprint density at radius 2 is 1.96 bits per heavy atom. The van der Waals surface area contributed by atoms with Crippen molar-refractivity contribution in [2.24, 2.45) is 0 Å². The van der Waals surface area contributed by atoms with Crippen LogP contribution >= 0.6 is 11.8 Å². The number of aryl methyl sites for hydroxylation is 1. The zero-order valence-corrected chi connectivity index (χ0v) is 15.0. The lowest BCUT2D eigenvalue weighted by atomic mass is 9.94. The van der Waals surface area contributed by atoms with Gasteiger partial charge in [-0.2, -0.15) is 18.4 Å². The summed E-state index contributed by atoms with van der Waals surface area (Å²) in [6.07, 6.45) is -2.27. The molecule has 0 unspecified atom stereocenters. The van der Waals surface area contributed by atoms with Crippen LogP contribution in [0.15, 0.2) is 29.4 Å². The molecular weight excluding hydrogens is 377 g/mol. The van der Waals surface area contributed by atoms with Crippen LogP contribution in [0.5, 0.6) is 0 Å². The van der Waals surface area contributed by atoms with Crippen molar-refractivity contribution in [1.29, 1.82) is 5.26 Å². The van der Waals surface area contributed by atoms with Crippen LogP contribution in [0.4, 0.5) is 18.9 Å². The summed E-state index contributed by atoms with van der Waals surface area (Å²) in [6, 6.07) is 8.45. The number of nitrogens with zero attached hydrogens (tertiary/aromatic N) is 3. The van der Waals surface area contributed by atoms with Crippen LogP contribution in [0.1, 0.15) is 35.4 Å². The summed E-state index contributed by atoms with van der Waals surface area (Å²) in [5.74, 6) is -0.604. The normalized spacial score (nSPS) is 13.6. The zero-order valence-electron chi connectivity index (χ0n) is 14.1. The first kappa shape index (κ1) is 19.2. The number of nitrogens with one attached hydrogen (secondary N) is 1. The van der Waals surface area contributed by atoms with Gasteiger partial charge in [0.1, 0.15) is 6.07 Å². The number of fused-ring (bicyclic) bond motifs is 1. The SMILES string of the molecule is N#Cc1ccccc1NC(=O)CSc1nc2c(c(C(F)(F)F)n1)CCCC2. The Morgan fingerprint density at radius 1 is 1.22 bits per heavy atom. The van der Waals surface area contributed by atoms with Gasteiger partial charge in [0.2, 0.25) is 5.91 Å². The van der Waals surface area contributed by atoms with Crippen molar-refractivity contribution < 1.29 is 18.0 Å². The van der Waals surface area contributed by atoms with Crippen molar-refractivity contribution in [3.8, 4) is 6.07 Å². The van der Waals surface area contributed by atoms with Crippen molar-refractivity contribution in [3.63, 3.8) is 0 Å². The molecule has 27 heavy (non-hydrogen) atoms. The van der Waals surface area contributed by atoms with Gasteiger partial charge in [-0.05, 0) is 37.8 Å². The molecule has 0 fully saturated rings. The highest BCUT2D eigenvalue weighted by Crippen LogP contribution is 2.35. The topological polar surface area (TPSA) is 78.7 Å². The van der Waals surface area contributed by atoms with Crippen LogP contribution in [0.25, 0.3) is 0 Å². The Hall–Kier alpha value is -2.60. The molecule has 9 heteroatoms. The van der Waals surface area contributed by atoms with Crippen molar-refractivity contribution in [2.45, 2.75) is 37.0 Å². The number of nitriles is 1. The molecule has 1 amide bonds. The van der Waals surface area contributed by atoms with Gasteiger partial charge in [-0.1, -0.05) is 23.9 Å². The lowest BCUT2D eigenvalue weighted by molar-refractivity contribution is -0.142. The Balaban J connectivity index is 1.74. The predicted molar refractivity (Wildman–Crippen MR) is 94.2 cm³/mol. The minimum atomic E-state index is -4.55. The van der Waals surface area contributed by atoms with Crippen LogP contribution in [-0.2, 0) is 23.8 Å². The van der Waals surface area contributed by atoms with Crippen LogP contribution in [0.2, 0.25) is 0 Å². The van der Waals surface area contributed by atoms with Gasteiger partial charge in [-0.25, -0.2) is 9.97 Å². The Kier molecular flexibility index (Phi) is 5.65. The minimum absolute atomic E-state index is 0.0632. The van der Waals surface area contributed by atoms with Crippen LogP contribution in [0, 0.1) is 11.3 Å². The predicted octanol–water partition coefficient (Wildman–Crippen LogP) is 3.98. The average Bonchev–Trinajstić information content (AvgIpc) is 2.65. The lowest BCUT2D eigenvalue weighted by Crippen LogP contribution is -2.20. The van der Waals surface area contributed by atoms with Gasteiger partial charge in [-0.3, -0.25) is 4.79 Å². The summed E-state index contributed by atoms with van der Waals surface area (Å²) in [5, 5.41) is 11.5. The number of carbonyl (C=O) groups is 1. The van der Waals surface area contributed by atoms with Gasteiger partial charge in [-0.15, -0.1) is 0 Å². The average molecular weight is 392 g/mol. The number of para-hydroxylation sites is 1. The monoisotopic (exact) mass is 392 g/mol. The van der Waals surface area contributed by atoms with Crippen LogP contribution < -0.4 is 5.32 Å². The van der Waals surface area contributed by atoms with Crippen molar-refractivity contribution in [2.75, 3.05) is 11.1 Å². The third kappa shape index (κ3) is 4.57. The molecule has 0 bridgehead atoms. The highest BCUT2D eigenvalue weighted by atomic mass is 32.2. The molecular formula is C18H15F3N4OS. The van der Waals surface area contributed by atoms with E-state index in [1.165, 1.54) is 0 Å². The fourth-order valence-electron chi connectivity index (χ4n) is 2.88. The molecule has 1 heterocycles. The van der Waals surface area contributed by atoms with E-state index < -0.39 is 17.8 Å². The first-order chi connectivity index (χ1) is 12.9. The fraction of sp³-hybridized carbons (Fsp3) is 0.333. The second-order valence-corrected chi connectivity index (χ2v) is 6.92. The van der Waals surface area contributed by atoms with E-state index in [2.05, 4.69) is 15.3 Å². The third-order valence-electron chi connectivity index (χ3n) is 4.09. The lowest BCUT2D eigenvalue weighted by Gasteiger charge is -2.20. The molecule has 1 aliphatic rings. The number of thioether (sulfide) groups is 1. The molecule has 0 spiro atoms. The van der Waals surface area contributed by atoms with Crippen LogP contribution in [-0.4, -0.2) is 21.6 Å². The number of amides is 1. The van der Waals surface area contributed by atoms with E-state index in [0.717, 1.165) is 18.2 Å². The molecule has 3 rings (SSSR count). The number of benzene rings is 1. The first-order valence-electron chi connectivity index (χ1n) is 8.27. The largest absolute Gasteiger partial charge is 0.433 e. The molecule has 1 aliphatic carbocycles. The quantitative estimate of drug-likeness (QED) is 0.629. The molecule has 1 aromatic heterocycles. The maximum Gasteiger partial charge on any atom is 0.433 e. The summed E-state index contributed by atoms with van der Waals surface area (Å²) < 4.78 is 39.9. The fourth-order valence-corrected chi connectivity index (χ4v) is 3.54.